The lowest BCUT2D eigenvalue weighted by atomic mass is 10.2. The van der Waals surface area contributed by atoms with E-state index in [0.29, 0.717) is 22.2 Å². The number of benzene rings is 1. The second-order valence-electron chi connectivity index (χ2n) is 4.42. The summed E-state index contributed by atoms with van der Waals surface area (Å²) in [5, 5.41) is 14.4. The van der Waals surface area contributed by atoms with Crippen LogP contribution in [0.25, 0.3) is 0 Å². The van der Waals surface area contributed by atoms with Crippen LogP contribution in [0.2, 0.25) is 10.0 Å². The van der Waals surface area contributed by atoms with Gasteiger partial charge in [-0.25, -0.2) is 4.79 Å². The topological polar surface area (TPSA) is 64.4 Å². The van der Waals surface area contributed by atoms with Crippen molar-refractivity contribution in [2.75, 3.05) is 0 Å². The average Bonchev–Trinajstić information content (AvgIpc) is 2.71. The number of aryl methyl sites for hydroxylation is 2. The molecule has 1 heterocycles. The molecule has 0 fully saturated rings. The number of ether oxygens (including phenoxy) is 1. The third-order valence-electron chi connectivity index (χ3n) is 3.04. The Morgan fingerprint density at radius 1 is 1.43 bits per heavy atom. The van der Waals surface area contributed by atoms with Crippen LogP contribution in [0.3, 0.4) is 0 Å². The SMILES string of the molecule is CCc1nn(C)c(COc2cc(Cl)ccc2C(=O)O)c1Cl. The Hall–Kier alpha value is -1.72. The van der Waals surface area contributed by atoms with Gasteiger partial charge in [0.05, 0.1) is 16.4 Å². The number of hydrogen-bond donors (Lipinski definition) is 1. The minimum atomic E-state index is -1.08. The quantitative estimate of drug-likeness (QED) is 0.911. The highest BCUT2D eigenvalue weighted by molar-refractivity contribution is 6.32. The van der Waals surface area contributed by atoms with Gasteiger partial charge in [-0.2, -0.15) is 5.10 Å². The predicted molar refractivity (Wildman–Crippen MR) is 80.3 cm³/mol. The second-order valence-corrected chi connectivity index (χ2v) is 5.23. The summed E-state index contributed by atoms with van der Waals surface area (Å²) in [6.07, 6.45) is 0.713. The van der Waals surface area contributed by atoms with Crippen molar-refractivity contribution in [1.29, 1.82) is 0 Å². The molecule has 7 heteroatoms. The molecule has 21 heavy (non-hydrogen) atoms. The van der Waals surface area contributed by atoms with Crippen molar-refractivity contribution < 1.29 is 14.6 Å². The molecule has 2 aromatic rings. The van der Waals surface area contributed by atoms with Gasteiger partial charge in [0.1, 0.15) is 17.9 Å². The summed E-state index contributed by atoms with van der Waals surface area (Å²) in [7, 11) is 1.76. The van der Waals surface area contributed by atoms with E-state index in [1.165, 1.54) is 18.2 Å². The number of hydrogen-bond acceptors (Lipinski definition) is 3. The Bertz CT molecular complexity index is 683. The smallest absolute Gasteiger partial charge is 0.339 e. The summed E-state index contributed by atoms with van der Waals surface area (Å²) in [6.45, 7) is 2.07. The molecule has 0 aliphatic carbocycles. The standard InChI is InChI=1S/C14H14Cl2N2O3/c1-3-10-13(16)11(18(2)17-10)7-21-12-6-8(15)4-5-9(12)14(19)20/h4-6H,3,7H2,1-2H3,(H,19,20). The van der Waals surface area contributed by atoms with Crippen molar-refractivity contribution in [1.82, 2.24) is 9.78 Å². The lowest BCUT2D eigenvalue weighted by Gasteiger charge is -2.10. The van der Waals surface area contributed by atoms with Crippen molar-refractivity contribution >= 4 is 29.2 Å². The maximum Gasteiger partial charge on any atom is 0.339 e. The molecule has 1 aromatic carbocycles. The number of aromatic nitrogens is 2. The van der Waals surface area contributed by atoms with E-state index in [9.17, 15) is 4.79 Å². The molecule has 2 rings (SSSR count). The minimum Gasteiger partial charge on any atom is -0.486 e. The van der Waals surface area contributed by atoms with E-state index in [1.807, 2.05) is 6.92 Å². The lowest BCUT2D eigenvalue weighted by Crippen LogP contribution is -2.07. The zero-order valence-corrected chi connectivity index (χ0v) is 13.1. The molecule has 0 saturated carbocycles. The third-order valence-corrected chi connectivity index (χ3v) is 3.71. The van der Waals surface area contributed by atoms with Crippen LogP contribution in [0.5, 0.6) is 5.75 Å². The largest absolute Gasteiger partial charge is 0.486 e. The maximum atomic E-state index is 11.2. The Kier molecular flexibility index (Phi) is 4.75. The first kappa shape index (κ1) is 15.7. The molecule has 0 atom stereocenters. The highest BCUT2D eigenvalue weighted by Gasteiger charge is 2.16. The van der Waals surface area contributed by atoms with Gasteiger partial charge >= 0.3 is 5.97 Å². The van der Waals surface area contributed by atoms with Gasteiger partial charge in [0, 0.05) is 12.1 Å². The van der Waals surface area contributed by atoms with Crippen LogP contribution in [0.4, 0.5) is 0 Å². The first-order valence-electron chi connectivity index (χ1n) is 6.30. The second kappa shape index (κ2) is 6.37. The summed E-state index contributed by atoms with van der Waals surface area (Å²) in [6, 6.07) is 4.38. The number of nitrogens with zero attached hydrogens (tertiary/aromatic N) is 2. The van der Waals surface area contributed by atoms with Gasteiger partial charge in [-0.3, -0.25) is 4.68 Å². The van der Waals surface area contributed by atoms with Gasteiger partial charge in [0.15, 0.2) is 0 Å². The Morgan fingerprint density at radius 2 is 2.14 bits per heavy atom. The fourth-order valence-electron chi connectivity index (χ4n) is 1.92. The van der Waals surface area contributed by atoms with Crippen LogP contribution in [0, 0.1) is 0 Å². The molecular weight excluding hydrogens is 315 g/mol. The lowest BCUT2D eigenvalue weighted by molar-refractivity contribution is 0.0691. The third kappa shape index (κ3) is 3.31. The van der Waals surface area contributed by atoms with Crippen molar-refractivity contribution in [2.24, 2.45) is 7.05 Å². The van der Waals surface area contributed by atoms with E-state index in [-0.39, 0.29) is 17.9 Å². The highest BCUT2D eigenvalue weighted by atomic mass is 35.5. The number of halogens is 2. The first-order valence-corrected chi connectivity index (χ1v) is 7.05. The summed E-state index contributed by atoms with van der Waals surface area (Å²) in [5.74, 6) is -0.877. The number of carbonyl (C=O) groups is 1. The number of aromatic carboxylic acids is 1. The van der Waals surface area contributed by atoms with Crippen molar-refractivity contribution in [3.63, 3.8) is 0 Å². The van der Waals surface area contributed by atoms with E-state index in [4.69, 9.17) is 33.0 Å². The monoisotopic (exact) mass is 328 g/mol. The van der Waals surface area contributed by atoms with Gasteiger partial charge in [-0.1, -0.05) is 30.1 Å². The van der Waals surface area contributed by atoms with Gasteiger partial charge in [-0.05, 0) is 24.6 Å². The van der Waals surface area contributed by atoms with E-state index in [0.717, 1.165) is 5.69 Å². The number of carboxylic acids is 1. The van der Waals surface area contributed by atoms with Crippen LogP contribution in [0.1, 0.15) is 28.7 Å². The zero-order valence-electron chi connectivity index (χ0n) is 11.6. The first-order chi connectivity index (χ1) is 9.93. The van der Waals surface area contributed by atoms with Gasteiger partial charge in [0.25, 0.3) is 0 Å². The number of rotatable bonds is 5. The summed E-state index contributed by atoms with van der Waals surface area (Å²) in [4.78, 5) is 11.2. The van der Waals surface area contributed by atoms with Crippen LogP contribution in [-0.4, -0.2) is 20.9 Å². The van der Waals surface area contributed by atoms with Crippen LogP contribution in [-0.2, 0) is 20.1 Å². The molecule has 0 radical (unpaired) electrons. The molecule has 0 amide bonds. The van der Waals surface area contributed by atoms with Crippen LogP contribution < -0.4 is 4.74 Å². The van der Waals surface area contributed by atoms with Gasteiger partial charge in [0.2, 0.25) is 0 Å². The molecular formula is C14H14Cl2N2O3. The molecule has 112 valence electrons. The fourth-order valence-corrected chi connectivity index (χ4v) is 2.43. The van der Waals surface area contributed by atoms with Crippen molar-refractivity contribution in [3.8, 4) is 5.75 Å². The molecule has 0 unspecified atom stereocenters. The van der Waals surface area contributed by atoms with Gasteiger partial charge < -0.3 is 9.84 Å². The predicted octanol–water partition coefficient (Wildman–Crippen LogP) is 3.57. The fraction of sp³-hybridized carbons (Fsp3) is 0.286. The van der Waals surface area contributed by atoms with Crippen molar-refractivity contribution in [3.05, 3.63) is 45.2 Å². The zero-order chi connectivity index (χ0) is 15.6. The van der Waals surface area contributed by atoms with E-state index >= 15 is 0 Å². The molecule has 0 aliphatic rings. The Balaban J connectivity index is 2.26. The molecule has 1 N–H and O–H groups in total. The molecule has 5 nitrogen and oxygen atoms in total. The molecule has 1 aromatic heterocycles. The molecule has 0 aliphatic heterocycles. The van der Waals surface area contributed by atoms with Crippen molar-refractivity contribution in [2.45, 2.75) is 20.0 Å². The summed E-state index contributed by atoms with van der Waals surface area (Å²) >= 11 is 12.1. The summed E-state index contributed by atoms with van der Waals surface area (Å²) < 4.78 is 7.21. The highest BCUT2D eigenvalue weighted by Crippen LogP contribution is 2.26. The number of carboxylic acid groups (broad SMARTS) is 1. The Morgan fingerprint density at radius 3 is 2.71 bits per heavy atom. The molecule has 0 bridgehead atoms. The van der Waals surface area contributed by atoms with E-state index < -0.39 is 5.97 Å². The van der Waals surface area contributed by atoms with Gasteiger partial charge in [-0.15, -0.1) is 0 Å². The molecule has 0 spiro atoms. The van der Waals surface area contributed by atoms with Crippen LogP contribution >= 0.6 is 23.2 Å². The minimum absolute atomic E-state index is 0.0494. The Labute approximate surface area is 132 Å². The average molecular weight is 329 g/mol. The normalized spacial score (nSPS) is 10.7. The van der Waals surface area contributed by atoms with E-state index in [1.54, 1.807) is 11.7 Å². The molecule has 0 saturated heterocycles. The maximum absolute atomic E-state index is 11.2. The summed E-state index contributed by atoms with van der Waals surface area (Å²) in [5.41, 5.74) is 1.51. The van der Waals surface area contributed by atoms with E-state index in [2.05, 4.69) is 5.10 Å². The van der Waals surface area contributed by atoms with Crippen LogP contribution in [0.15, 0.2) is 18.2 Å².